The summed E-state index contributed by atoms with van der Waals surface area (Å²) < 4.78 is 0.930. The second kappa shape index (κ2) is 7.28. The van der Waals surface area contributed by atoms with Gasteiger partial charge in [-0.3, -0.25) is 9.59 Å². The molecule has 1 N–H and O–H groups in total. The van der Waals surface area contributed by atoms with Crippen molar-refractivity contribution in [2.24, 2.45) is 0 Å². The molecule has 19 heavy (non-hydrogen) atoms. The number of hydrogen-bond acceptors (Lipinski definition) is 2. The number of halogens is 1. The summed E-state index contributed by atoms with van der Waals surface area (Å²) in [6.07, 6.45) is 0.264. The van der Waals surface area contributed by atoms with Gasteiger partial charge in [-0.25, -0.2) is 0 Å². The quantitative estimate of drug-likeness (QED) is 0.873. The van der Waals surface area contributed by atoms with Crippen molar-refractivity contribution in [1.82, 2.24) is 4.90 Å². The topological polar surface area (TPSA) is 57.6 Å². The molecule has 0 heterocycles. The molecule has 0 radical (unpaired) electrons. The molecule has 5 heteroatoms. The molecule has 0 aliphatic carbocycles. The van der Waals surface area contributed by atoms with Crippen molar-refractivity contribution in [1.29, 1.82) is 0 Å². The van der Waals surface area contributed by atoms with Gasteiger partial charge in [-0.2, -0.15) is 0 Å². The SMILES string of the molecule is CC(C)N(CCC(=O)O)C(=O)Cc1cccc(Br)c1. The Kier molecular flexibility index (Phi) is 6.02. The van der Waals surface area contributed by atoms with Crippen molar-refractivity contribution >= 4 is 27.8 Å². The second-order valence-electron chi connectivity index (χ2n) is 4.63. The molecule has 0 fully saturated rings. The minimum atomic E-state index is -0.888. The van der Waals surface area contributed by atoms with Gasteiger partial charge in [0.2, 0.25) is 5.91 Å². The van der Waals surface area contributed by atoms with Gasteiger partial charge in [0, 0.05) is 17.1 Å². The third-order valence-electron chi connectivity index (χ3n) is 2.75. The zero-order valence-electron chi connectivity index (χ0n) is 11.1. The fourth-order valence-electron chi connectivity index (χ4n) is 1.81. The highest BCUT2D eigenvalue weighted by Gasteiger charge is 2.18. The van der Waals surface area contributed by atoms with Crippen LogP contribution in [0.4, 0.5) is 0 Å². The summed E-state index contributed by atoms with van der Waals surface area (Å²) in [7, 11) is 0. The number of rotatable bonds is 6. The number of aliphatic carboxylic acids is 1. The van der Waals surface area contributed by atoms with Gasteiger partial charge in [0.05, 0.1) is 12.8 Å². The first kappa shape index (κ1) is 15.7. The first-order valence-corrected chi connectivity index (χ1v) is 6.95. The molecule has 0 aliphatic heterocycles. The van der Waals surface area contributed by atoms with Crippen LogP contribution >= 0.6 is 15.9 Å². The van der Waals surface area contributed by atoms with Gasteiger partial charge >= 0.3 is 5.97 Å². The van der Waals surface area contributed by atoms with E-state index in [0.29, 0.717) is 0 Å². The Morgan fingerprint density at radius 3 is 2.58 bits per heavy atom. The molecule has 104 valence electrons. The number of hydrogen-bond donors (Lipinski definition) is 1. The number of carboxylic acids is 1. The van der Waals surface area contributed by atoms with Gasteiger partial charge in [-0.05, 0) is 31.5 Å². The number of amides is 1. The summed E-state index contributed by atoms with van der Waals surface area (Å²) in [4.78, 5) is 24.4. The number of benzene rings is 1. The number of carboxylic acid groups (broad SMARTS) is 1. The van der Waals surface area contributed by atoms with Crippen LogP contribution in [0.1, 0.15) is 25.8 Å². The monoisotopic (exact) mass is 327 g/mol. The molecule has 4 nitrogen and oxygen atoms in total. The molecule has 0 saturated carbocycles. The van der Waals surface area contributed by atoms with Crippen LogP contribution in [-0.4, -0.2) is 34.5 Å². The van der Waals surface area contributed by atoms with Crippen LogP contribution in [0.5, 0.6) is 0 Å². The van der Waals surface area contributed by atoms with Crippen molar-refractivity contribution in [2.45, 2.75) is 32.7 Å². The molecule has 0 bridgehead atoms. The third kappa shape index (κ3) is 5.42. The minimum absolute atomic E-state index is 0.000923. The summed E-state index contributed by atoms with van der Waals surface area (Å²) >= 11 is 3.37. The predicted molar refractivity (Wildman–Crippen MR) is 76.9 cm³/mol. The molecule has 0 aliphatic rings. The minimum Gasteiger partial charge on any atom is -0.481 e. The van der Waals surface area contributed by atoms with E-state index in [1.54, 1.807) is 4.90 Å². The Balaban J connectivity index is 2.69. The highest BCUT2D eigenvalue weighted by Crippen LogP contribution is 2.13. The van der Waals surface area contributed by atoms with Crippen molar-refractivity contribution in [3.05, 3.63) is 34.3 Å². The Bertz CT molecular complexity index is 460. The van der Waals surface area contributed by atoms with Crippen LogP contribution in [0, 0.1) is 0 Å². The third-order valence-corrected chi connectivity index (χ3v) is 3.25. The van der Waals surface area contributed by atoms with E-state index in [1.165, 1.54) is 0 Å². The molecule has 0 aromatic heterocycles. The lowest BCUT2D eigenvalue weighted by atomic mass is 10.1. The van der Waals surface area contributed by atoms with Crippen molar-refractivity contribution < 1.29 is 14.7 Å². The first-order chi connectivity index (χ1) is 8.90. The van der Waals surface area contributed by atoms with E-state index in [9.17, 15) is 9.59 Å². The van der Waals surface area contributed by atoms with E-state index in [1.807, 2.05) is 38.1 Å². The lowest BCUT2D eigenvalue weighted by Crippen LogP contribution is -2.39. The van der Waals surface area contributed by atoms with Crippen LogP contribution in [-0.2, 0) is 16.0 Å². The standard InChI is InChI=1S/C14H18BrNO3/c1-10(2)16(7-6-14(18)19)13(17)9-11-4-3-5-12(15)8-11/h3-5,8,10H,6-7,9H2,1-2H3,(H,18,19). The molecule has 0 spiro atoms. The lowest BCUT2D eigenvalue weighted by molar-refractivity contribution is -0.139. The first-order valence-electron chi connectivity index (χ1n) is 6.16. The van der Waals surface area contributed by atoms with Crippen molar-refractivity contribution in [2.75, 3.05) is 6.54 Å². The van der Waals surface area contributed by atoms with Gasteiger partial charge in [0.25, 0.3) is 0 Å². The summed E-state index contributed by atoms with van der Waals surface area (Å²) in [6, 6.07) is 7.56. The summed E-state index contributed by atoms with van der Waals surface area (Å²) in [5.74, 6) is -0.935. The molecule has 1 aromatic rings. The van der Waals surface area contributed by atoms with Crippen molar-refractivity contribution in [3.63, 3.8) is 0 Å². The lowest BCUT2D eigenvalue weighted by Gasteiger charge is -2.26. The van der Waals surface area contributed by atoms with Gasteiger partial charge in [0.15, 0.2) is 0 Å². The maximum Gasteiger partial charge on any atom is 0.305 e. The van der Waals surface area contributed by atoms with E-state index in [4.69, 9.17) is 5.11 Å². The van der Waals surface area contributed by atoms with Crippen LogP contribution in [0.15, 0.2) is 28.7 Å². The molecular formula is C14H18BrNO3. The molecular weight excluding hydrogens is 310 g/mol. The van der Waals surface area contributed by atoms with Crippen LogP contribution in [0.25, 0.3) is 0 Å². The zero-order chi connectivity index (χ0) is 14.4. The second-order valence-corrected chi connectivity index (χ2v) is 5.55. The number of nitrogens with zero attached hydrogens (tertiary/aromatic N) is 1. The average molecular weight is 328 g/mol. The maximum atomic E-state index is 12.2. The van der Waals surface area contributed by atoms with Gasteiger partial charge in [-0.1, -0.05) is 28.1 Å². The fourth-order valence-corrected chi connectivity index (χ4v) is 2.26. The average Bonchev–Trinajstić information content (AvgIpc) is 2.28. The van der Waals surface area contributed by atoms with Gasteiger partial charge in [0.1, 0.15) is 0 Å². The van der Waals surface area contributed by atoms with Crippen molar-refractivity contribution in [3.8, 4) is 0 Å². The van der Waals surface area contributed by atoms with Gasteiger partial charge < -0.3 is 10.0 Å². The molecule has 0 atom stereocenters. The summed E-state index contributed by atoms with van der Waals surface area (Å²) in [6.45, 7) is 4.03. The Hall–Kier alpha value is -1.36. The normalized spacial score (nSPS) is 10.5. The molecule has 0 unspecified atom stereocenters. The van der Waals surface area contributed by atoms with Crippen LogP contribution in [0.2, 0.25) is 0 Å². The number of carbonyl (C=O) groups excluding carboxylic acids is 1. The Labute approximate surface area is 121 Å². The number of carbonyl (C=O) groups is 2. The summed E-state index contributed by atoms with van der Waals surface area (Å²) in [5, 5.41) is 8.71. The predicted octanol–water partition coefficient (Wildman–Crippen LogP) is 2.70. The highest BCUT2D eigenvalue weighted by atomic mass is 79.9. The summed E-state index contributed by atoms with van der Waals surface area (Å²) in [5.41, 5.74) is 0.917. The maximum absolute atomic E-state index is 12.2. The molecule has 1 amide bonds. The van der Waals surface area contributed by atoms with Crippen LogP contribution < -0.4 is 0 Å². The smallest absolute Gasteiger partial charge is 0.305 e. The Morgan fingerprint density at radius 2 is 2.05 bits per heavy atom. The highest BCUT2D eigenvalue weighted by molar-refractivity contribution is 9.10. The molecule has 1 aromatic carbocycles. The van der Waals surface area contributed by atoms with E-state index >= 15 is 0 Å². The van der Waals surface area contributed by atoms with E-state index < -0.39 is 5.97 Å². The Morgan fingerprint density at radius 1 is 1.37 bits per heavy atom. The van der Waals surface area contributed by atoms with E-state index in [2.05, 4.69) is 15.9 Å². The van der Waals surface area contributed by atoms with E-state index in [0.717, 1.165) is 10.0 Å². The fraction of sp³-hybridized carbons (Fsp3) is 0.429. The largest absolute Gasteiger partial charge is 0.481 e. The molecule has 1 rings (SSSR count). The van der Waals surface area contributed by atoms with Crippen LogP contribution in [0.3, 0.4) is 0 Å². The molecule has 0 saturated heterocycles. The van der Waals surface area contributed by atoms with Gasteiger partial charge in [-0.15, -0.1) is 0 Å². The van der Waals surface area contributed by atoms with E-state index in [-0.39, 0.29) is 31.3 Å². The zero-order valence-corrected chi connectivity index (χ0v) is 12.7.